The fourth-order valence-electron chi connectivity index (χ4n) is 1.32. The lowest BCUT2D eigenvalue weighted by Crippen LogP contribution is -2.47. The maximum Gasteiger partial charge on any atom is 0.239 e. The Balaban J connectivity index is 4.31. The van der Waals surface area contributed by atoms with Crippen LogP contribution in [0.5, 0.6) is 0 Å². The molecule has 0 aromatic carbocycles. The van der Waals surface area contributed by atoms with Gasteiger partial charge in [-0.05, 0) is 12.8 Å². The van der Waals surface area contributed by atoms with Gasteiger partial charge in [-0.3, -0.25) is 4.79 Å². The SMILES string of the molecule is CCC(C)C(N)C(=O)N(CC)CCC#N. The van der Waals surface area contributed by atoms with Crippen molar-refractivity contribution in [3.05, 3.63) is 0 Å². The normalized spacial score (nSPS) is 14.1. The molecule has 0 bridgehead atoms. The molecule has 0 spiro atoms. The van der Waals surface area contributed by atoms with Gasteiger partial charge in [-0.2, -0.15) is 5.26 Å². The molecule has 0 aromatic heterocycles. The van der Waals surface area contributed by atoms with E-state index in [-0.39, 0.29) is 11.8 Å². The molecule has 86 valence electrons. The summed E-state index contributed by atoms with van der Waals surface area (Å²) in [5.74, 6) is 0.149. The molecule has 0 saturated heterocycles. The highest BCUT2D eigenvalue weighted by Crippen LogP contribution is 2.08. The van der Waals surface area contributed by atoms with Gasteiger partial charge in [0, 0.05) is 13.1 Å². The average molecular weight is 211 g/mol. The van der Waals surface area contributed by atoms with Crippen molar-refractivity contribution in [2.45, 2.75) is 39.7 Å². The van der Waals surface area contributed by atoms with Crippen LogP contribution in [0.15, 0.2) is 0 Å². The maximum absolute atomic E-state index is 11.9. The van der Waals surface area contributed by atoms with Gasteiger partial charge in [0.1, 0.15) is 0 Å². The minimum Gasteiger partial charge on any atom is -0.341 e. The van der Waals surface area contributed by atoms with Gasteiger partial charge in [0.2, 0.25) is 5.91 Å². The molecule has 0 radical (unpaired) electrons. The van der Waals surface area contributed by atoms with Crippen molar-refractivity contribution < 1.29 is 4.79 Å². The van der Waals surface area contributed by atoms with Crippen LogP contribution in [0.1, 0.15) is 33.6 Å². The molecule has 0 aromatic rings. The van der Waals surface area contributed by atoms with Gasteiger partial charge in [-0.25, -0.2) is 0 Å². The highest BCUT2D eigenvalue weighted by molar-refractivity contribution is 5.81. The summed E-state index contributed by atoms with van der Waals surface area (Å²) < 4.78 is 0. The summed E-state index contributed by atoms with van der Waals surface area (Å²) in [5, 5.41) is 8.47. The molecule has 2 atom stereocenters. The molecule has 0 aliphatic rings. The van der Waals surface area contributed by atoms with Crippen LogP contribution >= 0.6 is 0 Å². The molecule has 0 rings (SSSR count). The number of carbonyl (C=O) groups is 1. The van der Waals surface area contributed by atoms with Crippen molar-refractivity contribution in [1.29, 1.82) is 5.26 Å². The summed E-state index contributed by atoms with van der Waals surface area (Å²) in [4.78, 5) is 13.5. The quantitative estimate of drug-likeness (QED) is 0.715. The Morgan fingerprint density at radius 3 is 2.53 bits per heavy atom. The molecule has 2 unspecified atom stereocenters. The zero-order chi connectivity index (χ0) is 11.8. The van der Waals surface area contributed by atoms with E-state index in [1.54, 1.807) is 4.90 Å². The Hall–Kier alpha value is -1.08. The highest BCUT2D eigenvalue weighted by atomic mass is 16.2. The van der Waals surface area contributed by atoms with Crippen LogP contribution in [0.4, 0.5) is 0 Å². The molecule has 0 aliphatic heterocycles. The van der Waals surface area contributed by atoms with Gasteiger partial charge in [-0.15, -0.1) is 0 Å². The fourth-order valence-corrected chi connectivity index (χ4v) is 1.32. The molecule has 4 nitrogen and oxygen atoms in total. The third-order valence-electron chi connectivity index (χ3n) is 2.73. The average Bonchev–Trinajstić information content (AvgIpc) is 2.27. The molecule has 0 saturated carbocycles. The lowest BCUT2D eigenvalue weighted by atomic mass is 9.99. The van der Waals surface area contributed by atoms with Crippen LogP contribution in [-0.4, -0.2) is 29.9 Å². The summed E-state index contributed by atoms with van der Waals surface area (Å²) >= 11 is 0. The first-order valence-corrected chi connectivity index (χ1v) is 5.49. The van der Waals surface area contributed by atoms with Crippen LogP contribution in [0.3, 0.4) is 0 Å². The first kappa shape index (κ1) is 13.9. The molecule has 2 N–H and O–H groups in total. The number of nitrogens with two attached hydrogens (primary N) is 1. The predicted molar refractivity (Wildman–Crippen MR) is 59.9 cm³/mol. The number of carbonyl (C=O) groups excluding carboxylic acids is 1. The Kier molecular flexibility index (Phi) is 6.72. The first-order valence-electron chi connectivity index (χ1n) is 5.49. The minimum absolute atomic E-state index is 0.0397. The molecule has 15 heavy (non-hydrogen) atoms. The summed E-state index contributed by atoms with van der Waals surface area (Å²) in [5.41, 5.74) is 5.85. The maximum atomic E-state index is 11.9. The van der Waals surface area contributed by atoms with Crippen molar-refractivity contribution in [3.8, 4) is 6.07 Å². The second-order valence-electron chi connectivity index (χ2n) is 3.74. The Morgan fingerprint density at radius 1 is 1.53 bits per heavy atom. The van der Waals surface area contributed by atoms with E-state index >= 15 is 0 Å². The lowest BCUT2D eigenvalue weighted by molar-refractivity contribution is -0.133. The van der Waals surface area contributed by atoms with Gasteiger partial charge in [0.25, 0.3) is 0 Å². The minimum atomic E-state index is -0.436. The monoisotopic (exact) mass is 211 g/mol. The third-order valence-corrected chi connectivity index (χ3v) is 2.73. The van der Waals surface area contributed by atoms with Crippen molar-refractivity contribution in [1.82, 2.24) is 4.90 Å². The predicted octanol–water partition coefficient (Wildman–Crippen LogP) is 1.12. The van der Waals surface area contributed by atoms with Crippen molar-refractivity contribution in [3.63, 3.8) is 0 Å². The largest absolute Gasteiger partial charge is 0.341 e. The van der Waals surface area contributed by atoms with Crippen LogP contribution in [-0.2, 0) is 4.79 Å². The Labute approximate surface area is 92.0 Å². The van der Waals surface area contributed by atoms with Crippen LogP contribution < -0.4 is 5.73 Å². The zero-order valence-corrected chi connectivity index (χ0v) is 9.86. The van der Waals surface area contributed by atoms with Gasteiger partial charge in [0.15, 0.2) is 0 Å². The fraction of sp³-hybridized carbons (Fsp3) is 0.818. The number of nitriles is 1. The molecule has 0 fully saturated rings. The Morgan fingerprint density at radius 2 is 2.13 bits per heavy atom. The molecular formula is C11H21N3O. The number of hydrogen-bond acceptors (Lipinski definition) is 3. The molecule has 4 heteroatoms. The Bertz CT molecular complexity index is 234. The number of rotatable bonds is 6. The van der Waals surface area contributed by atoms with E-state index in [2.05, 4.69) is 0 Å². The highest BCUT2D eigenvalue weighted by Gasteiger charge is 2.23. The van der Waals surface area contributed by atoms with E-state index in [0.717, 1.165) is 6.42 Å². The van der Waals surface area contributed by atoms with E-state index in [9.17, 15) is 4.79 Å². The number of nitrogens with zero attached hydrogens (tertiary/aromatic N) is 2. The molecule has 0 heterocycles. The third kappa shape index (κ3) is 4.30. The van der Waals surface area contributed by atoms with Crippen molar-refractivity contribution in [2.75, 3.05) is 13.1 Å². The topological polar surface area (TPSA) is 70.1 Å². The van der Waals surface area contributed by atoms with Crippen molar-refractivity contribution in [2.24, 2.45) is 11.7 Å². The molecule has 1 amide bonds. The summed E-state index contributed by atoms with van der Waals surface area (Å²) in [6.45, 7) is 6.99. The first-order chi connectivity index (χ1) is 7.08. The van der Waals surface area contributed by atoms with Gasteiger partial charge in [0.05, 0.1) is 18.5 Å². The van der Waals surface area contributed by atoms with E-state index in [1.807, 2.05) is 26.8 Å². The second kappa shape index (κ2) is 7.24. The van der Waals surface area contributed by atoms with Gasteiger partial charge in [-0.1, -0.05) is 20.3 Å². The molecule has 0 aliphatic carbocycles. The number of likely N-dealkylation sites (N-methyl/N-ethyl adjacent to an activating group) is 1. The van der Waals surface area contributed by atoms with Crippen molar-refractivity contribution >= 4 is 5.91 Å². The summed E-state index contributed by atoms with van der Waals surface area (Å²) in [6.07, 6.45) is 1.26. The van der Waals surface area contributed by atoms with E-state index in [1.165, 1.54) is 0 Å². The van der Waals surface area contributed by atoms with Gasteiger partial charge < -0.3 is 10.6 Å². The number of amides is 1. The van der Waals surface area contributed by atoms with Gasteiger partial charge >= 0.3 is 0 Å². The lowest BCUT2D eigenvalue weighted by Gasteiger charge is -2.26. The zero-order valence-electron chi connectivity index (χ0n) is 9.86. The summed E-state index contributed by atoms with van der Waals surface area (Å²) in [6, 6.07) is 1.60. The van der Waals surface area contributed by atoms with E-state index in [4.69, 9.17) is 11.0 Å². The van der Waals surface area contributed by atoms with Crippen LogP contribution in [0.25, 0.3) is 0 Å². The number of hydrogen-bond donors (Lipinski definition) is 1. The smallest absolute Gasteiger partial charge is 0.239 e. The molecular weight excluding hydrogens is 190 g/mol. The summed E-state index contributed by atoms with van der Waals surface area (Å²) in [7, 11) is 0. The van der Waals surface area contributed by atoms with Crippen LogP contribution in [0.2, 0.25) is 0 Å². The standard InChI is InChI=1S/C11H21N3O/c1-4-9(3)10(13)11(15)14(5-2)8-6-7-12/h9-10H,4-6,8,13H2,1-3H3. The van der Waals surface area contributed by atoms with Crippen LogP contribution in [0, 0.1) is 17.2 Å². The van der Waals surface area contributed by atoms with E-state index < -0.39 is 6.04 Å². The second-order valence-corrected chi connectivity index (χ2v) is 3.74. The van der Waals surface area contributed by atoms with E-state index in [0.29, 0.717) is 19.5 Å².